The zero-order valence-corrected chi connectivity index (χ0v) is 63.4. The predicted octanol–water partition coefficient (Wildman–Crippen LogP) is 26.6. The molecule has 0 rings (SSSR count). The Kier molecular flexibility index (Phi) is 72.1. The van der Waals surface area contributed by atoms with Gasteiger partial charge in [0.15, 0.2) is 0 Å². The Morgan fingerprint density at radius 2 is 0.656 bits per heavy atom. The molecule has 3 atom stereocenters. The molecule has 0 radical (unpaired) electrons. The van der Waals surface area contributed by atoms with E-state index in [0.29, 0.717) is 17.4 Å². The van der Waals surface area contributed by atoms with Gasteiger partial charge in [-0.1, -0.05) is 394 Å². The van der Waals surface area contributed by atoms with Crippen LogP contribution in [0.3, 0.4) is 0 Å². The van der Waals surface area contributed by atoms with Crippen LogP contribution in [-0.4, -0.2) is 73.4 Å². The summed E-state index contributed by atoms with van der Waals surface area (Å²) in [7, 11) is 1.57. The van der Waals surface area contributed by atoms with Gasteiger partial charge in [0.05, 0.1) is 39.9 Å². The summed E-state index contributed by atoms with van der Waals surface area (Å²) in [5, 5.41) is 14.0. The second-order valence-electron chi connectivity index (χ2n) is 28.8. The van der Waals surface area contributed by atoms with Crippen molar-refractivity contribution in [2.24, 2.45) is 0 Å². The van der Waals surface area contributed by atoms with Crippen LogP contribution in [0.5, 0.6) is 0 Å². The Labute approximate surface area is 579 Å². The van der Waals surface area contributed by atoms with Crippen LogP contribution in [0.2, 0.25) is 0 Å². The molecule has 0 aliphatic heterocycles. The molecule has 0 saturated heterocycles. The van der Waals surface area contributed by atoms with E-state index in [4.69, 9.17) is 9.05 Å². The molecule has 0 aromatic carbocycles. The van der Waals surface area contributed by atoms with Gasteiger partial charge in [-0.05, 0) is 77.0 Å². The van der Waals surface area contributed by atoms with Gasteiger partial charge in [0.1, 0.15) is 13.2 Å². The van der Waals surface area contributed by atoms with Crippen LogP contribution in [0.1, 0.15) is 393 Å². The molecular weight excluding hydrogens is 1160 g/mol. The largest absolute Gasteiger partial charge is 0.472 e. The number of aliphatic hydroxyl groups excluding tert-OH is 1. The Hall–Kier alpha value is -2.32. The van der Waals surface area contributed by atoms with Crippen LogP contribution in [0.4, 0.5) is 0 Å². The third-order valence-electron chi connectivity index (χ3n) is 18.3. The van der Waals surface area contributed by atoms with Crippen LogP contribution in [0, 0.1) is 0 Å². The van der Waals surface area contributed by atoms with Crippen molar-refractivity contribution < 1.29 is 32.9 Å². The molecule has 0 spiro atoms. The fourth-order valence-corrected chi connectivity index (χ4v) is 12.9. The van der Waals surface area contributed by atoms with E-state index >= 15 is 0 Å². The molecular formula is C84H158N2O6P+. The van der Waals surface area contributed by atoms with Gasteiger partial charge in [0, 0.05) is 6.42 Å². The number of nitrogens with zero attached hydrogens (tertiary/aromatic N) is 1. The Bertz CT molecular complexity index is 1800. The lowest BCUT2D eigenvalue weighted by atomic mass is 10.0. The minimum absolute atomic E-state index is 0.0561. The van der Waals surface area contributed by atoms with Gasteiger partial charge in [-0.15, -0.1) is 0 Å². The van der Waals surface area contributed by atoms with Crippen LogP contribution >= 0.6 is 7.82 Å². The molecule has 8 nitrogen and oxygen atoms in total. The number of phosphoric acid groups is 1. The average molecular weight is 1320 g/mol. The molecule has 93 heavy (non-hydrogen) atoms. The fraction of sp³-hybridized carbons (Fsp3) is 0.821. The Morgan fingerprint density at radius 3 is 0.989 bits per heavy atom. The highest BCUT2D eigenvalue weighted by atomic mass is 31.2. The maximum atomic E-state index is 13.1. The van der Waals surface area contributed by atoms with Crippen molar-refractivity contribution in [2.75, 3.05) is 40.9 Å². The van der Waals surface area contributed by atoms with Gasteiger partial charge in [-0.25, -0.2) is 4.57 Å². The van der Waals surface area contributed by atoms with E-state index in [1.54, 1.807) is 6.08 Å². The molecule has 0 aromatic heterocycles. The van der Waals surface area contributed by atoms with E-state index in [1.807, 2.05) is 27.2 Å². The SMILES string of the molecule is CC/C=C\C/C=C\C/C=C\C/C=C\C/C=C\CCCCCCCCCCCCCCCCCCCCCCCCCC(=O)NC(COP(=O)(O)OCC[N+](C)(C)C)C(O)/C=C/CC/C=C/CCCCCCCCCCCCCCCCCCCCCCCCCCCC. The number of hydrogen-bond acceptors (Lipinski definition) is 5. The normalized spacial score (nSPS) is 13.9. The van der Waals surface area contributed by atoms with Gasteiger partial charge in [0.2, 0.25) is 5.91 Å². The highest BCUT2D eigenvalue weighted by Gasteiger charge is 2.28. The summed E-state index contributed by atoms with van der Waals surface area (Å²) in [5.41, 5.74) is 0. The van der Waals surface area contributed by atoms with Gasteiger partial charge in [-0.3, -0.25) is 13.8 Å². The van der Waals surface area contributed by atoms with Crippen LogP contribution in [0.25, 0.3) is 0 Å². The van der Waals surface area contributed by atoms with Crippen LogP contribution < -0.4 is 5.32 Å². The second kappa shape index (κ2) is 73.9. The standard InChI is InChI=1S/C84H157N2O6P/c1-6-8-10-12-14-16-18-20-22-24-26-28-30-32-34-36-38-40-41-42-43-44-45-46-48-50-52-54-56-58-60-62-64-66-68-70-72-74-76-78-84(88)85-82(81-92-93(89,90)91-80-79-86(3,4)5)83(87)77-75-73-71-69-67-65-63-61-59-57-55-53-51-49-47-39-37-35-33-31-29-27-25-23-21-19-17-15-13-11-9-7-2/h8,10,14,16,20,22,26,28,32,34,67,69,75,77,82-83,87H,6-7,9,11-13,15,17-19,21,23-25,27,29-31,33,35-66,68,70-74,76,78-81H2,1-5H3,(H-,85,88,89,90)/p+1/b10-8-,16-14-,22-20-,28-26-,34-32-,69-67+,77-75+. The highest BCUT2D eigenvalue weighted by molar-refractivity contribution is 7.47. The number of likely N-dealkylation sites (N-methyl/N-ethyl adjacent to an activating group) is 1. The maximum absolute atomic E-state index is 13.1. The Balaban J connectivity index is 3.97. The quantitative estimate of drug-likeness (QED) is 0.0243. The number of aliphatic hydroxyl groups is 1. The monoisotopic (exact) mass is 1320 g/mol. The molecule has 3 unspecified atom stereocenters. The number of hydrogen-bond donors (Lipinski definition) is 3. The number of unbranched alkanes of at least 4 members (excludes halogenated alkanes) is 50. The first-order valence-electron chi connectivity index (χ1n) is 40.5. The number of amides is 1. The maximum Gasteiger partial charge on any atom is 0.472 e. The van der Waals surface area contributed by atoms with E-state index in [0.717, 1.165) is 70.6 Å². The number of carbonyl (C=O) groups excluding carboxylic acids is 1. The molecule has 0 fully saturated rings. The highest BCUT2D eigenvalue weighted by Crippen LogP contribution is 2.43. The first kappa shape index (κ1) is 90.7. The molecule has 1 amide bonds. The van der Waals surface area contributed by atoms with Crippen molar-refractivity contribution in [1.29, 1.82) is 0 Å². The topological polar surface area (TPSA) is 105 Å². The number of phosphoric ester groups is 1. The van der Waals surface area contributed by atoms with Crippen molar-refractivity contribution in [1.82, 2.24) is 5.32 Å². The molecule has 0 aliphatic rings. The molecule has 9 heteroatoms. The molecule has 0 saturated carbocycles. The molecule has 0 aromatic rings. The number of carbonyl (C=O) groups is 1. The minimum atomic E-state index is -4.37. The van der Waals surface area contributed by atoms with E-state index in [-0.39, 0.29) is 19.1 Å². The Morgan fingerprint density at radius 1 is 0.376 bits per heavy atom. The van der Waals surface area contributed by atoms with E-state index in [9.17, 15) is 19.4 Å². The predicted molar refractivity (Wildman–Crippen MR) is 410 cm³/mol. The summed E-state index contributed by atoms with van der Waals surface area (Å²) in [6.07, 6.45) is 106. The molecule has 0 heterocycles. The van der Waals surface area contributed by atoms with Gasteiger partial charge >= 0.3 is 7.82 Å². The van der Waals surface area contributed by atoms with Crippen molar-refractivity contribution >= 4 is 13.7 Å². The number of rotatable bonds is 75. The molecule has 0 aliphatic carbocycles. The van der Waals surface area contributed by atoms with Crippen molar-refractivity contribution in [2.45, 2.75) is 405 Å². The molecule has 3 N–H and O–H groups in total. The van der Waals surface area contributed by atoms with Gasteiger partial charge in [0.25, 0.3) is 0 Å². The summed E-state index contributed by atoms with van der Waals surface area (Å²) in [5.74, 6) is -0.180. The van der Waals surface area contributed by atoms with Crippen molar-refractivity contribution in [3.05, 3.63) is 85.1 Å². The van der Waals surface area contributed by atoms with Gasteiger partial charge < -0.3 is 19.8 Å². The van der Waals surface area contributed by atoms with Crippen LogP contribution in [0.15, 0.2) is 85.1 Å². The van der Waals surface area contributed by atoms with Crippen LogP contribution in [-0.2, 0) is 18.4 Å². The zero-order valence-electron chi connectivity index (χ0n) is 62.5. The fourth-order valence-electron chi connectivity index (χ4n) is 12.2. The lowest BCUT2D eigenvalue weighted by Gasteiger charge is -2.25. The zero-order chi connectivity index (χ0) is 67.6. The summed E-state index contributed by atoms with van der Waals surface area (Å²) in [4.78, 5) is 23.5. The number of quaternary nitrogens is 1. The van der Waals surface area contributed by atoms with Crippen molar-refractivity contribution in [3.8, 4) is 0 Å². The summed E-state index contributed by atoms with van der Waals surface area (Å²) >= 11 is 0. The first-order chi connectivity index (χ1) is 45.5. The lowest BCUT2D eigenvalue weighted by molar-refractivity contribution is -0.870. The van der Waals surface area contributed by atoms with Crippen molar-refractivity contribution in [3.63, 3.8) is 0 Å². The third kappa shape index (κ3) is 76.9. The van der Waals surface area contributed by atoms with E-state index in [2.05, 4.69) is 92.1 Å². The molecule has 0 bridgehead atoms. The third-order valence-corrected chi connectivity index (χ3v) is 19.3. The van der Waals surface area contributed by atoms with Gasteiger partial charge in [-0.2, -0.15) is 0 Å². The number of allylic oxidation sites excluding steroid dienone is 13. The molecule has 544 valence electrons. The summed E-state index contributed by atoms with van der Waals surface area (Å²) in [6.45, 7) is 4.73. The second-order valence-corrected chi connectivity index (χ2v) is 30.2. The average Bonchev–Trinajstić information content (AvgIpc) is 1.94. The number of nitrogens with one attached hydrogen (secondary N) is 1. The minimum Gasteiger partial charge on any atom is -0.387 e. The summed E-state index contributed by atoms with van der Waals surface area (Å²) < 4.78 is 23.9. The summed E-state index contributed by atoms with van der Waals surface area (Å²) in [6, 6.07) is -0.867. The van der Waals surface area contributed by atoms with E-state index < -0.39 is 20.0 Å². The smallest absolute Gasteiger partial charge is 0.387 e. The first-order valence-corrected chi connectivity index (χ1v) is 42.0. The lowest BCUT2D eigenvalue weighted by Crippen LogP contribution is -2.45. The van der Waals surface area contributed by atoms with E-state index in [1.165, 1.54) is 302 Å².